The van der Waals surface area contributed by atoms with Crippen LogP contribution < -0.4 is 4.90 Å². The van der Waals surface area contributed by atoms with Crippen molar-refractivity contribution in [3.63, 3.8) is 0 Å². The standard InChI is InChI=1S/C12H17FN2O2/c1-14(2)12(17)7-15(3)11-5-4-10(13)6-9(11)8-16/h4-6,16H,7-8H2,1-3H3. The normalized spacial score (nSPS) is 10.2. The Labute approximate surface area is 100 Å². The van der Waals surface area contributed by atoms with Gasteiger partial charge in [-0.1, -0.05) is 0 Å². The van der Waals surface area contributed by atoms with Crippen LogP contribution in [0.15, 0.2) is 18.2 Å². The Morgan fingerprint density at radius 2 is 2.00 bits per heavy atom. The fourth-order valence-electron chi connectivity index (χ4n) is 1.48. The van der Waals surface area contributed by atoms with E-state index in [-0.39, 0.29) is 19.1 Å². The monoisotopic (exact) mass is 240 g/mol. The molecule has 4 nitrogen and oxygen atoms in total. The van der Waals surface area contributed by atoms with Crippen LogP contribution in [0.2, 0.25) is 0 Å². The van der Waals surface area contributed by atoms with Crippen molar-refractivity contribution in [2.24, 2.45) is 0 Å². The predicted octanol–water partition coefficient (Wildman–Crippen LogP) is 0.842. The molecular weight excluding hydrogens is 223 g/mol. The van der Waals surface area contributed by atoms with E-state index in [2.05, 4.69) is 0 Å². The zero-order valence-electron chi connectivity index (χ0n) is 10.3. The second-order valence-electron chi connectivity index (χ2n) is 4.08. The number of benzene rings is 1. The van der Waals surface area contributed by atoms with E-state index in [4.69, 9.17) is 5.11 Å². The number of carbonyl (C=O) groups excluding carboxylic acids is 1. The van der Waals surface area contributed by atoms with Gasteiger partial charge >= 0.3 is 0 Å². The Morgan fingerprint density at radius 3 is 2.53 bits per heavy atom. The van der Waals surface area contributed by atoms with Crippen LogP contribution in [0.1, 0.15) is 5.56 Å². The maximum atomic E-state index is 13.0. The first-order valence-electron chi connectivity index (χ1n) is 5.26. The van der Waals surface area contributed by atoms with Gasteiger partial charge in [-0.25, -0.2) is 4.39 Å². The van der Waals surface area contributed by atoms with Gasteiger partial charge in [-0.15, -0.1) is 0 Å². The maximum absolute atomic E-state index is 13.0. The zero-order valence-corrected chi connectivity index (χ0v) is 10.3. The molecule has 0 saturated carbocycles. The van der Waals surface area contributed by atoms with Gasteiger partial charge < -0.3 is 14.9 Å². The van der Waals surface area contributed by atoms with Crippen molar-refractivity contribution in [3.05, 3.63) is 29.6 Å². The van der Waals surface area contributed by atoms with Crippen molar-refractivity contribution < 1.29 is 14.3 Å². The molecule has 0 aromatic heterocycles. The lowest BCUT2D eigenvalue weighted by Crippen LogP contribution is -2.34. The minimum Gasteiger partial charge on any atom is -0.392 e. The lowest BCUT2D eigenvalue weighted by molar-refractivity contribution is -0.127. The van der Waals surface area contributed by atoms with Gasteiger partial charge in [0.1, 0.15) is 5.82 Å². The number of nitrogens with zero attached hydrogens (tertiary/aromatic N) is 2. The summed E-state index contributed by atoms with van der Waals surface area (Å²) in [6.45, 7) is -0.0702. The average Bonchev–Trinajstić information content (AvgIpc) is 2.28. The van der Waals surface area contributed by atoms with Crippen molar-refractivity contribution >= 4 is 11.6 Å². The van der Waals surface area contributed by atoms with Gasteiger partial charge in [-0.05, 0) is 18.2 Å². The molecule has 0 spiro atoms. The third kappa shape index (κ3) is 3.42. The van der Waals surface area contributed by atoms with E-state index in [0.29, 0.717) is 11.3 Å². The quantitative estimate of drug-likeness (QED) is 0.848. The highest BCUT2D eigenvalue weighted by atomic mass is 19.1. The summed E-state index contributed by atoms with van der Waals surface area (Å²) in [5, 5.41) is 9.15. The molecule has 1 amide bonds. The summed E-state index contributed by atoms with van der Waals surface area (Å²) in [4.78, 5) is 14.7. The molecule has 0 unspecified atom stereocenters. The summed E-state index contributed by atoms with van der Waals surface area (Å²) in [5.41, 5.74) is 1.13. The number of halogens is 1. The Morgan fingerprint density at radius 1 is 1.35 bits per heavy atom. The van der Waals surface area contributed by atoms with Crippen LogP contribution in [0.5, 0.6) is 0 Å². The summed E-state index contributed by atoms with van der Waals surface area (Å²) in [7, 11) is 5.08. The van der Waals surface area contributed by atoms with E-state index in [1.54, 1.807) is 32.1 Å². The fraction of sp³-hybridized carbons (Fsp3) is 0.417. The number of anilines is 1. The molecule has 0 aliphatic heterocycles. The van der Waals surface area contributed by atoms with Gasteiger partial charge in [0.15, 0.2) is 0 Å². The first-order valence-corrected chi connectivity index (χ1v) is 5.26. The Balaban J connectivity index is 2.88. The van der Waals surface area contributed by atoms with Crippen LogP contribution in [0.4, 0.5) is 10.1 Å². The highest BCUT2D eigenvalue weighted by Crippen LogP contribution is 2.20. The molecule has 1 rings (SSSR count). The van der Waals surface area contributed by atoms with E-state index >= 15 is 0 Å². The summed E-state index contributed by atoms with van der Waals surface area (Å²) in [5.74, 6) is -0.453. The second-order valence-corrected chi connectivity index (χ2v) is 4.08. The molecule has 1 aromatic rings. The van der Waals surface area contributed by atoms with E-state index in [9.17, 15) is 9.18 Å². The van der Waals surface area contributed by atoms with Crippen LogP contribution in [0.25, 0.3) is 0 Å². The van der Waals surface area contributed by atoms with Gasteiger partial charge in [0.2, 0.25) is 5.91 Å². The maximum Gasteiger partial charge on any atom is 0.241 e. The number of likely N-dealkylation sites (N-methyl/N-ethyl adjacent to an activating group) is 2. The number of carbonyl (C=O) groups is 1. The second kappa shape index (κ2) is 5.63. The van der Waals surface area contributed by atoms with Gasteiger partial charge in [0, 0.05) is 32.4 Å². The Bertz CT molecular complexity index is 407. The Hall–Kier alpha value is -1.62. The van der Waals surface area contributed by atoms with Crippen LogP contribution in [-0.2, 0) is 11.4 Å². The highest BCUT2D eigenvalue weighted by Gasteiger charge is 2.12. The predicted molar refractivity (Wildman–Crippen MR) is 64.3 cm³/mol. The molecule has 94 valence electrons. The molecule has 0 aliphatic rings. The average molecular weight is 240 g/mol. The number of hydrogen-bond acceptors (Lipinski definition) is 3. The van der Waals surface area contributed by atoms with Gasteiger partial charge in [-0.2, -0.15) is 0 Å². The summed E-state index contributed by atoms with van der Waals surface area (Å²) in [6, 6.07) is 4.14. The summed E-state index contributed by atoms with van der Waals surface area (Å²) in [6.07, 6.45) is 0. The largest absolute Gasteiger partial charge is 0.392 e. The molecule has 0 heterocycles. The van der Waals surface area contributed by atoms with Crippen LogP contribution >= 0.6 is 0 Å². The zero-order chi connectivity index (χ0) is 13.0. The van der Waals surface area contributed by atoms with E-state index in [1.807, 2.05) is 0 Å². The number of hydrogen-bond donors (Lipinski definition) is 1. The van der Waals surface area contributed by atoms with Crippen LogP contribution in [-0.4, -0.2) is 43.6 Å². The van der Waals surface area contributed by atoms with Crippen molar-refractivity contribution in [2.75, 3.05) is 32.6 Å². The summed E-state index contributed by atoms with van der Waals surface area (Å²) < 4.78 is 13.0. The van der Waals surface area contributed by atoms with Gasteiger partial charge in [0.25, 0.3) is 0 Å². The molecule has 0 radical (unpaired) electrons. The van der Waals surface area contributed by atoms with Gasteiger partial charge in [-0.3, -0.25) is 4.79 Å². The van der Waals surface area contributed by atoms with Crippen molar-refractivity contribution in [1.29, 1.82) is 0 Å². The molecule has 0 saturated heterocycles. The molecule has 17 heavy (non-hydrogen) atoms. The van der Waals surface area contributed by atoms with E-state index < -0.39 is 5.82 Å². The molecule has 0 aliphatic carbocycles. The minimum absolute atomic E-state index is 0.0549. The Kier molecular flexibility index (Phi) is 4.45. The van der Waals surface area contributed by atoms with Crippen molar-refractivity contribution in [2.45, 2.75) is 6.61 Å². The molecule has 5 heteroatoms. The van der Waals surface area contributed by atoms with Crippen molar-refractivity contribution in [3.8, 4) is 0 Å². The van der Waals surface area contributed by atoms with Gasteiger partial charge in [0.05, 0.1) is 13.2 Å². The molecule has 0 fully saturated rings. The lowest BCUT2D eigenvalue weighted by atomic mass is 10.1. The minimum atomic E-state index is -0.398. The lowest BCUT2D eigenvalue weighted by Gasteiger charge is -2.23. The highest BCUT2D eigenvalue weighted by molar-refractivity contribution is 5.81. The number of aliphatic hydroxyl groups is 1. The fourth-order valence-corrected chi connectivity index (χ4v) is 1.48. The molecule has 1 aromatic carbocycles. The topological polar surface area (TPSA) is 43.8 Å². The van der Waals surface area contributed by atoms with Crippen LogP contribution in [0, 0.1) is 5.82 Å². The number of amides is 1. The first kappa shape index (κ1) is 13.4. The third-order valence-electron chi connectivity index (χ3n) is 2.49. The SMILES string of the molecule is CN(C)C(=O)CN(C)c1ccc(F)cc1CO. The molecule has 1 N–H and O–H groups in total. The molecule has 0 bridgehead atoms. The smallest absolute Gasteiger partial charge is 0.241 e. The first-order chi connectivity index (χ1) is 7.95. The molecular formula is C12H17FN2O2. The number of aliphatic hydroxyl groups excluding tert-OH is 1. The van der Waals surface area contributed by atoms with E-state index in [1.165, 1.54) is 17.0 Å². The third-order valence-corrected chi connectivity index (χ3v) is 2.49. The number of rotatable bonds is 4. The molecule has 0 atom stereocenters. The van der Waals surface area contributed by atoms with Crippen molar-refractivity contribution in [1.82, 2.24) is 4.90 Å². The summed E-state index contributed by atoms with van der Waals surface area (Å²) >= 11 is 0. The van der Waals surface area contributed by atoms with Crippen LogP contribution in [0.3, 0.4) is 0 Å². The van der Waals surface area contributed by atoms with E-state index in [0.717, 1.165) is 0 Å².